The zero-order valence-corrected chi connectivity index (χ0v) is 21.3. The van der Waals surface area contributed by atoms with Crippen LogP contribution in [-0.2, 0) is 14.3 Å². The Kier molecular flexibility index (Phi) is 10.1. The van der Waals surface area contributed by atoms with Crippen molar-refractivity contribution in [2.75, 3.05) is 6.61 Å². The quantitative estimate of drug-likeness (QED) is 0.194. The number of carbonyl (C=O) groups excluding carboxylic acids is 2. The van der Waals surface area contributed by atoms with Gasteiger partial charge in [-0.25, -0.2) is 0 Å². The summed E-state index contributed by atoms with van der Waals surface area (Å²) in [6.45, 7) is 6.67. The topological polar surface area (TPSA) is 43.4 Å². The molecule has 184 valence electrons. The average Bonchev–Trinajstić information content (AvgIpc) is 2.82. The minimum Gasteiger partial charge on any atom is -0.465 e. The average molecular weight is 447 g/mol. The second-order valence-electron chi connectivity index (χ2n) is 11.7. The largest absolute Gasteiger partial charge is 0.465 e. The van der Waals surface area contributed by atoms with Crippen LogP contribution < -0.4 is 0 Å². The highest BCUT2D eigenvalue weighted by atomic mass is 16.5. The van der Waals surface area contributed by atoms with E-state index in [2.05, 4.69) is 13.8 Å². The molecule has 3 heteroatoms. The Morgan fingerprint density at radius 1 is 0.812 bits per heavy atom. The van der Waals surface area contributed by atoms with E-state index < -0.39 is 5.41 Å². The highest BCUT2D eigenvalue weighted by Crippen LogP contribution is 2.47. The number of esters is 1. The highest BCUT2D eigenvalue weighted by Gasteiger charge is 2.47. The lowest BCUT2D eigenvalue weighted by atomic mass is 9.62. The van der Waals surface area contributed by atoms with Crippen molar-refractivity contribution in [2.24, 2.45) is 35.0 Å². The molecule has 0 aromatic heterocycles. The number of carbonyl (C=O) groups is 2. The Morgan fingerprint density at radius 2 is 1.38 bits per heavy atom. The van der Waals surface area contributed by atoms with Crippen molar-refractivity contribution < 1.29 is 14.3 Å². The van der Waals surface area contributed by atoms with Gasteiger partial charge in [0.15, 0.2) is 0 Å². The number of ketones is 1. The molecule has 3 fully saturated rings. The van der Waals surface area contributed by atoms with E-state index in [1.54, 1.807) is 0 Å². The van der Waals surface area contributed by atoms with Gasteiger partial charge in [0.2, 0.25) is 0 Å². The third kappa shape index (κ3) is 6.60. The molecule has 0 spiro atoms. The maximum atomic E-state index is 13.0. The molecule has 0 radical (unpaired) electrons. The predicted molar refractivity (Wildman–Crippen MR) is 131 cm³/mol. The summed E-state index contributed by atoms with van der Waals surface area (Å²) < 4.78 is 5.43. The fraction of sp³-hybridized carbons (Fsp3) is 0.931. The van der Waals surface area contributed by atoms with Crippen molar-refractivity contribution in [1.29, 1.82) is 0 Å². The van der Waals surface area contributed by atoms with E-state index in [1.807, 2.05) is 6.92 Å². The fourth-order valence-corrected chi connectivity index (χ4v) is 6.98. The third-order valence-electron chi connectivity index (χ3n) is 9.52. The first kappa shape index (κ1) is 25.8. The SMILES string of the molecule is CCCCC[C@H]1CC[C@H](C2CCC(C3CC[C@](C)(C(=O)OCCCC)C(=O)C3)CC2)CC1. The first-order valence-electron chi connectivity index (χ1n) is 14.2. The van der Waals surface area contributed by atoms with Gasteiger partial charge in [0.25, 0.3) is 0 Å². The molecule has 3 rings (SSSR count). The molecule has 3 nitrogen and oxygen atoms in total. The van der Waals surface area contributed by atoms with E-state index in [1.165, 1.54) is 77.0 Å². The van der Waals surface area contributed by atoms with Crippen molar-refractivity contribution >= 4 is 11.8 Å². The Bertz CT molecular complexity index is 583. The minimum atomic E-state index is -0.892. The summed E-state index contributed by atoms with van der Waals surface area (Å²) in [6, 6.07) is 0. The van der Waals surface area contributed by atoms with Crippen LogP contribution in [0.1, 0.15) is 130 Å². The molecule has 0 bridgehead atoms. The van der Waals surface area contributed by atoms with Gasteiger partial charge in [-0.2, -0.15) is 0 Å². The van der Waals surface area contributed by atoms with Crippen molar-refractivity contribution in [3.8, 4) is 0 Å². The number of ether oxygens (including phenoxy) is 1. The maximum Gasteiger partial charge on any atom is 0.319 e. The van der Waals surface area contributed by atoms with Gasteiger partial charge in [-0.15, -0.1) is 0 Å². The molecule has 0 amide bonds. The fourth-order valence-electron chi connectivity index (χ4n) is 6.98. The van der Waals surface area contributed by atoms with Crippen LogP contribution in [0.15, 0.2) is 0 Å². The molecule has 3 aliphatic carbocycles. The van der Waals surface area contributed by atoms with Crippen LogP contribution in [0.3, 0.4) is 0 Å². The molecule has 32 heavy (non-hydrogen) atoms. The van der Waals surface area contributed by atoms with Crippen LogP contribution in [0, 0.1) is 35.0 Å². The van der Waals surface area contributed by atoms with Crippen LogP contribution >= 0.6 is 0 Å². The van der Waals surface area contributed by atoms with E-state index in [0.717, 1.165) is 37.0 Å². The van der Waals surface area contributed by atoms with Crippen molar-refractivity contribution in [2.45, 2.75) is 130 Å². The second-order valence-corrected chi connectivity index (χ2v) is 11.7. The number of unbranched alkanes of at least 4 members (excludes halogenated alkanes) is 3. The van der Waals surface area contributed by atoms with Crippen LogP contribution in [0.4, 0.5) is 0 Å². The molecule has 0 N–H and O–H groups in total. The Hall–Kier alpha value is -0.860. The summed E-state index contributed by atoms with van der Waals surface area (Å²) in [5.74, 6) is 3.96. The minimum absolute atomic E-state index is 0.138. The number of hydrogen-bond donors (Lipinski definition) is 0. The van der Waals surface area contributed by atoms with E-state index in [4.69, 9.17) is 4.74 Å². The zero-order chi connectivity index (χ0) is 23.0. The van der Waals surface area contributed by atoms with Gasteiger partial charge in [-0.05, 0) is 94.3 Å². The van der Waals surface area contributed by atoms with E-state index in [9.17, 15) is 9.59 Å². The van der Waals surface area contributed by atoms with Gasteiger partial charge < -0.3 is 4.74 Å². The number of hydrogen-bond acceptors (Lipinski definition) is 3. The summed E-state index contributed by atoms with van der Waals surface area (Å²) in [7, 11) is 0. The van der Waals surface area contributed by atoms with Crippen LogP contribution in [0.5, 0.6) is 0 Å². The van der Waals surface area contributed by atoms with E-state index in [-0.39, 0.29) is 11.8 Å². The van der Waals surface area contributed by atoms with Gasteiger partial charge in [-0.3, -0.25) is 9.59 Å². The van der Waals surface area contributed by atoms with E-state index >= 15 is 0 Å². The summed E-state index contributed by atoms with van der Waals surface area (Å²) in [4.78, 5) is 25.5. The molecule has 0 aromatic rings. The Balaban J connectivity index is 1.39. The standard InChI is InChI=1S/C29H50O3/c1-4-6-8-9-22-10-12-23(13-11-22)24-14-16-25(17-15-24)26-18-19-29(3,27(30)21-26)28(31)32-20-7-5-2/h22-26H,4-21H2,1-3H3/t22-,23-,24?,25?,26?,29-/m0/s1. The Morgan fingerprint density at radius 3 is 1.94 bits per heavy atom. The molecular weight excluding hydrogens is 396 g/mol. The molecule has 2 atom stereocenters. The molecule has 0 heterocycles. The van der Waals surface area contributed by atoms with Crippen LogP contribution in [0.2, 0.25) is 0 Å². The lowest BCUT2D eigenvalue weighted by Crippen LogP contribution is -2.44. The van der Waals surface area contributed by atoms with Gasteiger partial charge >= 0.3 is 5.97 Å². The molecule has 0 saturated heterocycles. The summed E-state index contributed by atoms with van der Waals surface area (Å²) >= 11 is 0. The van der Waals surface area contributed by atoms with Crippen molar-refractivity contribution in [3.63, 3.8) is 0 Å². The molecule has 1 unspecified atom stereocenters. The lowest BCUT2D eigenvalue weighted by Gasteiger charge is -2.42. The number of Topliss-reactive ketones (excluding diaryl/α,β-unsaturated/α-hetero) is 1. The predicted octanol–water partition coefficient (Wildman–Crippen LogP) is 7.90. The van der Waals surface area contributed by atoms with Crippen molar-refractivity contribution in [1.82, 2.24) is 0 Å². The van der Waals surface area contributed by atoms with Gasteiger partial charge in [0.05, 0.1) is 6.61 Å². The maximum absolute atomic E-state index is 13.0. The normalized spacial score (nSPS) is 36.1. The monoisotopic (exact) mass is 446 g/mol. The first-order valence-corrected chi connectivity index (χ1v) is 14.2. The molecule has 3 saturated carbocycles. The second kappa shape index (κ2) is 12.6. The first-order chi connectivity index (χ1) is 15.5. The Labute approximate surface area is 197 Å². The van der Waals surface area contributed by atoms with Crippen molar-refractivity contribution in [3.05, 3.63) is 0 Å². The summed E-state index contributed by atoms with van der Waals surface area (Å²) in [5, 5.41) is 0. The smallest absolute Gasteiger partial charge is 0.319 e. The lowest BCUT2D eigenvalue weighted by molar-refractivity contribution is -0.162. The van der Waals surface area contributed by atoms with Gasteiger partial charge in [-0.1, -0.05) is 58.8 Å². The molecular formula is C29H50O3. The molecule has 0 aliphatic heterocycles. The van der Waals surface area contributed by atoms with Crippen LogP contribution in [-0.4, -0.2) is 18.4 Å². The summed E-state index contributed by atoms with van der Waals surface area (Å²) in [6.07, 6.45) is 21.0. The van der Waals surface area contributed by atoms with Gasteiger partial charge in [0, 0.05) is 6.42 Å². The third-order valence-corrected chi connectivity index (χ3v) is 9.52. The van der Waals surface area contributed by atoms with Gasteiger partial charge in [0.1, 0.15) is 11.2 Å². The molecule has 0 aromatic carbocycles. The highest BCUT2D eigenvalue weighted by molar-refractivity contribution is 6.04. The molecule has 3 aliphatic rings. The number of rotatable bonds is 10. The zero-order valence-electron chi connectivity index (χ0n) is 21.3. The van der Waals surface area contributed by atoms with E-state index in [0.29, 0.717) is 31.3 Å². The summed E-state index contributed by atoms with van der Waals surface area (Å²) in [5.41, 5.74) is -0.892. The van der Waals surface area contributed by atoms with Crippen LogP contribution in [0.25, 0.3) is 0 Å².